The van der Waals surface area contributed by atoms with Crippen molar-refractivity contribution >= 4 is 23.0 Å². The van der Waals surface area contributed by atoms with E-state index in [0.717, 1.165) is 16.8 Å². The molecule has 0 saturated heterocycles. The molecular weight excluding hydrogens is 272 g/mol. The van der Waals surface area contributed by atoms with Crippen LogP contribution in [0.1, 0.15) is 23.7 Å². The minimum absolute atomic E-state index is 0.0743. The van der Waals surface area contributed by atoms with E-state index < -0.39 is 11.6 Å². The number of nitrogens with two attached hydrogens (primary N) is 1. The summed E-state index contributed by atoms with van der Waals surface area (Å²) in [5.41, 5.74) is 2.97. The maximum Gasteiger partial charge on any atom is 0.178 e. The van der Waals surface area contributed by atoms with Gasteiger partial charge in [-0.1, -0.05) is 0 Å². The van der Waals surface area contributed by atoms with E-state index in [2.05, 4.69) is 20.7 Å². The fraction of sp³-hybridized carbons (Fsp3) is 0.273. The molecule has 1 unspecified atom stereocenters. The summed E-state index contributed by atoms with van der Waals surface area (Å²) in [6, 6.07) is 0.487. The van der Waals surface area contributed by atoms with Gasteiger partial charge in [-0.15, -0.1) is 11.3 Å². The Morgan fingerprint density at radius 3 is 2.53 bits per heavy atom. The summed E-state index contributed by atoms with van der Waals surface area (Å²) in [7, 11) is 0. The van der Waals surface area contributed by atoms with Gasteiger partial charge < -0.3 is 10.7 Å². The number of nitrogens with one attached hydrogen (secondary N) is 2. The van der Waals surface area contributed by atoms with Crippen LogP contribution < -0.4 is 16.6 Å². The zero-order chi connectivity index (χ0) is 14.0. The molecule has 0 spiro atoms. The number of anilines is 2. The fourth-order valence-corrected chi connectivity index (χ4v) is 2.31. The van der Waals surface area contributed by atoms with Gasteiger partial charge in [-0.3, -0.25) is 0 Å². The Morgan fingerprint density at radius 1 is 1.26 bits per heavy atom. The summed E-state index contributed by atoms with van der Waals surface area (Å²) in [6.45, 7) is 3.69. The number of aromatic nitrogens is 2. The predicted octanol–water partition coefficient (Wildman–Crippen LogP) is 2.58. The van der Waals surface area contributed by atoms with E-state index in [0.29, 0.717) is 0 Å². The van der Waals surface area contributed by atoms with Gasteiger partial charge in [0.2, 0.25) is 0 Å². The van der Waals surface area contributed by atoms with Crippen LogP contribution in [0, 0.1) is 18.6 Å². The molecule has 102 valence electrons. The molecule has 2 aromatic rings. The lowest BCUT2D eigenvalue weighted by molar-refractivity contribution is 0.576. The van der Waals surface area contributed by atoms with Crippen LogP contribution in [0.3, 0.4) is 0 Å². The summed E-state index contributed by atoms with van der Waals surface area (Å²) in [5, 5.41) is 5.54. The first-order valence-electron chi connectivity index (χ1n) is 5.52. The Morgan fingerprint density at radius 2 is 1.95 bits per heavy atom. The molecule has 0 amide bonds. The number of thiazole rings is 1. The molecule has 0 bridgehead atoms. The zero-order valence-corrected chi connectivity index (χ0v) is 11.2. The number of pyridine rings is 1. The molecule has 2 rings (SSSR count). The molecule has 1 atom stereocenters. The Bertz CT molecular complexity index is 586. The molecule has 2 aromatic heterocycles. The van der Waals surface area contributed by atoms with Crippen molar-refractivity contribution in [2.75, 3.05) is 10.7 Å². The average Bonchev–Trinajstić information content (AvgIpc) is 2.79. The Labute approximate surface area is 112 Å². The number of hydrogen-bond donors (Lipinski definition) is 3. The third-order valence-corrected chi connectivity index (χ3v) is 3.57. The third-order valence-electron chi connectivity index (χ3n) is 2.43. The van der Waals surface area contributed by atoms with Gasteiger partial charge in [0, 0.05) is 17.1 Å². The maximum atomic E-state index is 13.6. The normalized spacial score (nSPS) is 12.3. The molecule has 0 fully saturated rings. The van der Waals surface area contributed by atoms with Gasteiger partial charge in [-0.2, -0.15) is 0 Å². The largest absolute Gasteiger partial charge is 0.359 e. The second kappa shape index (κ2) is 5.45. The third kappa shape index (κ3) is 2.96. The number of nitrogens with zero attached hydrogens (tertiary/aromatic N) is 2. The van der Waals surface area contributed by atoms with Crippen LogP contribution >= 0.6 is 11.3 Å². The monoisotopic (exact) mass is 285 g/mol. The van der Waals surface area contributed by atoms with E-state index >= 15 is 0 Å². The van der Waals surface area contributed by atoms with Gasteiger partial charge in [0.15, 0.2) is 23.3 Å². The van der Waals surface area contributed by atoms with E-state index in [1.165, 1.54) is 11.3 Å². The van der Waals surface area contributed by atoms with Crippen LogP contribution in [0.15, 0.2) is 11.4 Å². The van der Waals surface area contributed by atoms with E-state index in [9.17, 15) is 8.78 Å². The standard InChI is InChI=1S/C11H13F2N5S/c1-5-4-19-11(15-5)6(2)16-9-7(12)3-8(13)10(17-9)18-14/h3-4,6H,14H2,1-2H3,(H2,16,17,18). The molecule has 0 aromatic carbocycles. The molecule has 19 heavy (non-hydrogen) atoms. The van der Waals surface area contributed by atoms with Crippen LogP contribution in [0.5, 0.6) is 0 Å². The summed E-state index contributed by atoms with van der Waals surface area (Å²) in [4.78, 5) is 8.03. The van der Waals surface area contributed by atoms with Gasteiger partial charge in [0.05, 0.1) is 6.04 Å². The highest BCUT2D eigenvalue weighted by Gasteiger charge is 2.15. The maximum absolute atomic E-state index is 13.6. The molecule has 4 N–H and O–H groups in total. The number of hydrazine groups is 1. The van der Waals surface area contributed by atoms with E-state index in [4.69, 9.17) is 5.84 Å². The minimum Gasteiger partial charge on any atom is -0.359 e. The highest BCUT2D eigenvalue weighted by molar-refractivity contribution is 7.09. The van der Waals surface area contributed by atoms with Crippen molar-refractivity contribution in [3.63, 3.8) is 0 Å². The minimum atomic E-state index is -0.844. The van der Waals surface area contributed by atoms with Gasteiger partial charge in [0.25, 0.3) is 0 Å². The Balaban J connectivity index is 2.23. The smallest absolute Gasteiger partial charge is 0.178 e. The molecule has 0 aliphatic rings. The molecule has 0 aliphatic carbocycles. The Hall–Kier alpha value is -1.80. The van der Waals surface area contributed by atoms with Gasteiger partial charge >= 0.3 is 0 Å². The lowest BCUT2D eigenvalue weighted by atomic mass is 10.3. The van der Waals surface area contributed by atoms with Crippen molar-refractivity contribution < 1.29 is 8.78 Å². The van der Waals surface area contributed by atoms with Crippen molar-refractivity contribution in [1.29, 1.82) is 0 Å². The number of rotatable bonds is 4. The molecule has 5 nitrogen and oxygen atoms in total. The summed E-state index contributed by atoms with van der Waals surface area (Å²) in [5.74, 6) is 3.19. The first kappa shape index (κ1) is 13.6. The van der Waals surface area contributed by atoms with Gasteiger partial charge in [0.1, 0.15) is 5.01 Å². The second-order valence-corrected chi connectivity index (χ2v) is 4.88. The summed E-state index contributed by atoms with van der Waals surface area (Å²) in [6.07, 6.45) is 0. The van der Waals surface area contributed by atoms with Gasteiger partial charge in [-0.25, -0.2) is 24.6 Å². The zero-order valence-electron chi connectivity index (χ0n) is 10.4. The highest BCUT2D eigenvalue weighted by Crippen LogP contribution is 2.24. The van der Waals surface area contributed by atoms with Crippen LogP contribution in [0.4, 0.5) is 20.4 Å². The SMILES string of the molecule is Cc1csc(C(C)Nc2nc(NN)c(F)cc2F)n1. The molecule has 2 heterocycles. The van der Waals surface area contributed by atoms with E-state index in [-0.39, 0.29) is 17.7 Å². The molecular formula is C11H13F2N5S. The van der Waals surface area contributed by atoms with Crippen molar-refractivity contribution in [2.24, 2.45) is 5.84 Å². The number of hydrogen-bond acceptors (Lipinski definition) is 6. The molecule has 8 heteroatoms. The topological polar surface area (TPSA) is 75.9 Å². The first-order valence-corrected chi connectivity index (χ1v) is 6.40. The highest BCUT2D eigenvalue weighted by atomic mass is 32.1. The van der Waals surface area contributed by atoms with Crippen LogP contribution in [-0.2, 0) is 0 Å². The second-order valence-electron chi connectivity index (χ2n) is 3.99. The van der Waals surface area contributed by atoms with E-state index in [1.807, 2.05) is 19.2 Å². The molecule has 0 radical (unpaired) electrons. The number of halogens is 2. The first-order chi connectivity index (χ1) is 9.01. The van der Waals surface area contributed by atoms with Crippen LogP contribution in [0.25, 0.3) is 0 Å². The van der Waals surface area contributed by atoms with Crippen LogP contribution in [-0.4, -0.2) is 9.97 Å². The fourth-order valence-electron chi connectivity index (χ4n) is 1.51. The van der Waals surface area contributed by atoms with Crippen molar-refractivity contribution in [3.8, 4) is 0 Å². The van der Waals surface area contributed by atoms with Crippen molar-refractivity contribution in [1.82, 2.24) is 9.97 Å². The Kier molecular flexibility index (Phi) is 3.91. The molecule has 0 aliphatic heterocycles. The van der Waals surface area contributed by atoms with Crippen LogP contribution in [0.2, 0.25) is 0 Å². The van der Waals surface area contributed by atoms with Gasteiger partial charge in [-0.05, 0) is 13.8 Å². The quantitative estimate of drug-likeness (QED) is 0.594. The number of nitrogen functional groups attached to an aromatic ring is 1. The summed E-state index contributed by atoms with van der Waals surface area (Å²) >= 11 is 1.46. The number of aryl methyl sites for hydroxylation is 1. The summed E-state index contributed by atoms with van der Waals surface area (Å²) < 4.78 is 26.8. The lowest BCUT2D eigenvalue weighted by Gasteiger charge is -2.13. The lowest BCUT2D eigenvalue weighted by Crippen LogP contribution is -2.14. The average molecular weight is 285 g/mol. The molecule has 0 saturated carbocycles. The predicted molar refractivity (Wildman–Crippen MR) is 70.9 cm³/mol. The van der Waals surface area contributed by atoms with E-state index in [1.54, 1.807) is 0 Å². The van der Waals surface area contributed by atoms with Crippen molar-refractivity contribution in [3.05, 3.63) is 33.8 Å². The van der Waals surface area contributed by atoms with Crippen molar-refractivity contribution in [2.45, 2.75) is 19.9 Å².